The molecule has 1 amide bonds. The molecule has 6 heteroatoms. The lowest BCUT2D eigenvalue weighted by molar-refractivity contribution is -0.114. The first kappa shape index (κ1) is 20.3. The lowest BCUT2D eigenvalue weighted by Crippen LogP contribution is -2.21. The number of carbonyl (C=O) groups excluding carboxylic acids is 1. The van der Waals surface area contributed by atoms with Crippen LogP contribution in [0.25, 0.3) is 17.4 Å². The van der Waals surface area contributed by atoms with Crippen LogP contribution in [0.5, 0.6) is 0 Å². The molecule has 5 rings (SSSR count). The van der Waals surface area contributed by atoms with Gasteiger partial charge in [0, 0.05) is 11.1 Å². The van der Waals surface area contributed by atoms with Crippen LogP contribution in [0.1, 0.15) is 11.3 Å². The number of nitrogens with zero attached hydrogens (tertiary/aromatic N) is 2. The summed E-state index contributed by atoms with van der Waals surface area (Å²) in [6, 6.07) is 27.9. The standard InChI is InChI=1S/C26H16Cl2N2O2/c27-22-13-11-18(15-23(22)28)24-14-12-20(32-24)16-21-25(17-7-3-1-4-8-17)29-30(26(21)31)19-9-5-2-6-10-19/h1-16H/b21-16-. The lowest BCUT2D eigenvalue weighted by Gasteiger charge is -2.10. The third kappa shape index (κ3) is 3.86. The first-order valence-corrected chi connectivity index (χ1v) is 10.7. The molecule has 1 aliphatic rings. The van der Waals surface area contributed by atoms with E-state index in [9.17, 15) is 4.79 Å². The zero-order valence-electron chi connectivity index (χ0n) is 16.7. The molecule has 0 atom stereocenters. The van der Waals surface area contributed by atoms with Gasteiger partial charge in [-0.3, -0.25) is 4.79 Å². The van der Waals surface area contributed by atoms with Crippen molar-refractivity contribution in [3.8, 4) is 11.3 Å². The molecule has 0 N–H and O–H groups in total. The normalized spacial score (nSPS) is 14.8. The van der Waals surface area contributed by atoms with Crippen molar-refractivity contribution in [1.82, 2.24) is 0 Å². The zero-order valence-corrected chi connectivity index (χ0v) is 18.2. The SMILES string of the molecule is O=C1/C(=C\c2ccc(-c3ccc(Cl)c(Cl)c3)o2)C(c2ccccc2)=NN1c1ccccc1. The number of amides is 1. The maximum absolute atomic E-state index is 13.3. The molecule has 3 aromatic carbocycles. The van der Waals surface area contributed by atoms with Crippen LogP contribution < -0.4 is 5.01 Å². The quantitative estimate of drug-likeness (QED) is 0.306. The average Bonchev–Trinajstić information content (AvgIpc) is 3.42. The van der Waals surface area contributed by atoms with Gasteiger partial charge in [0.05, 0.1) is 21.3 Å². The molecular weight excluding hydrogens is 443 g/mol. The summed E-state index contributed by atoms with van der Waals surface area (Å²) in [5.41, 5.74) is 3.39. The van der Waals surface area contributed by atoms with Crippen LogP contribution in [-0.2, 0) is 4.79 Å². The molecule has 4 aromatic rings. The number of para-hydroxylation sites is 1. The molecule has 156 valence electrons. The fourth-order valence-electron chi connectivity index (χ4n) is 3.48. The van der Waals surface area contributed by atoms with Crippen LogP contribution in [0, 0.1) is 0 Å². The molecular formula is C26H16Cl2N2O2. The van der Waals surface area contributed by atoms with Crippen LogP contribution in [0.2, 0.25) is 10.0 Å². The van der Waals surface area contributed by atoms with Gasteiger partial charge in [0.1, 0.15) is 17.2 Å². The Bertz CT molecular complexity index is 1360. The molecule has 1 aromatic heterocycles. The number of benzene rings is 3. The highest BCUT2D eigenvalue weighted by molar-refractivity contribution is 6.42. The Morgan fingerprint density at radius 1 is 0.781 bits per heavy atom. The molecule has 2 heterocycles. The molecule has 0 fully saturated rings. The molecule has 0 spiro atoms. The van der Waals surface area contributed by atoms with Gasteiger partial charge in [-0.05, 0) is 48.5 Å². The molecule has 32 heavy (non-hydrogen) atoms. The number of rotatable bonds is 4. The first-order valence-electron chi connectivity index (χ1n) is 9.91. The summed E-state index contributed by atoms with van der Waals surface area (Å²) in [4.78, 5) is 13.3. The molecule has 0 radical (unpaired) electrons. The van der Waals surface area contributed by atoms with Gasteiger partial charge in [-0.25, -0.2) is 0 Å². The minimum Gasteiger partial charge on any atom is -0.457 e. The van der Waals surface area contributed by atoms with Crippen LogP contribution in [0.3, 0.4) is 0 Å². The Labute approximate surface area is 195 Å². The van der Waals surface area contributed by atoms with Crippen LogP contribution >= 0.6 is 23.2 Å². The van der Waals surface area contributed by atoms with Crippen LogP contribution in [0.4, 0.5) is 5.69 Å². The number of halogens is 2. The van der Waals surface area contributed by atoms with E-state index in [4.69, 9.17) is 27.6 Å². The van der Waals surface area contributed by atoms with Crippen molar-refractivity contribution in [3.05, 3.63) is 118 Å². The topological polar surface area (TPSA) is 45.8 Å². The molecule has 4 nitrogen and oxygen atoms in total. The number of hydrogen-bond donors (Lipinski definition) is 0. The van der Waals surface area contributed by atoms with Crippen molar-refractivity contribution in [3.63, 3.8) is 0 Å². The highest BCUT2D eigenvalue weighted by Gasteiger charge is 2.32. The minimum absolute atomic E-state index is 0.220. The van der Waals surface area contributed by atoms with Gasteiger partial charge in [0.2, 0.25) is 0 Å². The van der Waals surface area contributed by atoms with Gasteiger partial charge >= 0.3 is 0 Å². The third-order valence-electron chi connectivity index (χ3n) is 5.04. The Morgan fingerprint density at radius 2 is 1.50 bits per heavy atom. The number of carbonyl (C=O) groups is 1. The van der Waals surface area contributed by atoms with Crippen molar-refractivity contribution in [2.24, 2.45) is 5.10 Å². The van der Waals surface area contributed by atoms with Crippen LogP contribution in [0.15, 0.2) is 106 Å². The summed E-state index contributed by atoms with van der Waals surface area (Å²) < 4.78 is 6.00. The van der Waals surface area contributed by atoms with E-state index in [2.05, 4.69) is 5.10 Å². The summed E-state index contributed by atoms with van der Waals surface area (Å²) in [5, 5.41) is 6.97. The predicted octanol–water partition coefficient (Wildman–Crippen LogP) is 7.09. The predicted molar refractivity (Wildman–Crippen MR) is 129 cm³/mol. The Balaban J connectivity index is 1.55. The fourth-order valence-corrected chi connectivity index (χ4v) is 3.77. The summed E-state index contributed by atoms with van der Waals surface area (Å²) in [6.07, 6.45) is 1.72. The summed E-state index contributed by atoms with van der Waals surface area (Å²) >= 11 is 12.2. The monoisotopic (exact) mass is 458 g/mol. The van der Waals surface area contributed by atoms with E-state index in [0.717, 1.165) is 11.1 Å². The summed E-state index contributed by atoms with van der Waals surface area (Å²) in [6.45, 7) is 0. The second-order valence-corrected chi connectivity index (χ2v) is 7.97. The summed E-state index contributed by atoms with van der Waals surface area (Å²) in [7, 11) is 0. The molecule has 1 aliphatic heterocycles. The van der Waals surface area contributed by atoms with Crippen molar-refractivity contribution in [2.75, 3.05) is 5.01 Å². The number of anilines is 1. The van der Waals surface area contributed by atoms with E-state index in [-0.39, 0.29) is 5.91 Å². The van der Waals surface area contributed by atoms with E-state index in [1.54, 1.807) is 18.2 Å². The van der Waals surface area contributed by atoms with Crippen molar-refractivity contribution in [1.29, 1.82) is 0 Å². The highest BCUT2D eigenvalue weighted by Crippen LogP contribution is 2.32. The minimum atomic E-state index is -0.220. The Hall–Kier alpha value is -3.60. The molecule has 0 aliphatic carbocycles. The second kappa shape index (κ2) is 8.50. The molecule has 0 bridgehead atoms. The second-order valence-electron chi connectivity index (χ2n) is 7.16. The molecule has 0 saturated carbocycles. The zero-order chi connectivity index (χ0) is 22.1. The van der Waals surface area contributed by atoms with Gasteiger partial charge in [0.15, 0.2) is 0 Å². The number of hydrogen-bond acceptors (Lipinski definition) is 3. The van der Waals surface area contributed by atoms with Gasteiger partial charge in [-0.15, -0.1) is 0 Å². The maximum atomic E-state index is 13.3. The number of furan rings is 1. The van der Waals surface area contributed by atoms with Crippen molar-refractivity contribution >= 4 is 46.6 Å². The smallest absolute Gasteiger partial charge is 0.281 e. The van der Waals surface area contributed by atoms with E-state index in [1.165, 1.54) is 5.01 Å². The van der Waals surface area contributed by atoms with Crippen molar-refractivity contribution in [2.45, 2.75) is 0 Å². The van der Waals surface area contributed by atoms with Gasteiger partial charge in [-0.1, -0.05) is 71.7 Å². The Kier molecular flexibility index (Phi) is 5.39. The van der Waals surface area contributed by atoms with E-state index >= 15 is 0 Å². The Morgan fingerprint density at radius 3 is 2.22 bits per heavy atom. The third-order valence-corrected chi connectivity index (χ3v) is 5.78. The van der Waals surface area contributed by atoms with E-state index in [0.29, 0.717) is 38.5 Å². The van der Waals surface area contributed by atoms with Gasteiger partial charge in [0.25, 0.3) is 5.91 Å². The summed E-state index contributed by atoms with van der Waals surface area (Å²) in [5.74, 6) is 0.939. The highest BCUT2D eigenvalue weighted by atomic mass is 35.5. The fraction of sp³-hybridized carbons (Fsp3) is 0. The first-order chi connectivity index (χ1) is 15.6. The largest absolute Gasteiger partial charge is 0.457 e. The van der Waals surface area contributed by atoms with E-state index < -0.39 is 0 Å². The average molecular weight is 459 g/mol. The van der Waals surface area contributed by atoms with Gasteiger partial charge < -0.3 is 4.42 Å². The number of hydrazone groups is 1. The lowest BCUT2D eigenvalue weighted by atomic mass is 10.0. The van der Waals surface area contributed by atoms with Crippen LogP contribution in [-0.4, -0.2) is 11.6 Å². The molecule has 0 unspecified atom stereocenters. The van der Waals surface area contributed by atoms with E-state index in [1.807, 2.05) is 78.9 Å². The van der Waals surface area contributed by atoms with Gasteiger partial charge in [-0.2, -0.15) is 10.1 Å². The molecule has 0 saturated heterocycles. The maximum Gasteiger partial charge on any atom is 0.281 e. The van der Waals surface area contributed by atoms with Crippen molar-refractivity contribution < 1.29 is 9.21 Å².